The van der Waals surface area contributed by atoms with Gasteiger partial charge in [-0.25, -0.2) is 0 Å². The highest BCUT2D eigenvalue weighted by Crippen LogP contribution is 2.39. The van der Waals surface area contributed by atoms with Gasteiger partial charge in [-0.2, -0.15) is 0 Å². The third-order valence-corrected chi connectivity index (χ3v) is 5.41. The largest absolute Gasteiger partial charge is 0.342 e. The van der Waals surface area contributed by atoms with E-state index >= 15 is 0 Å². The Labute approximate surface area is 117 Å². The number of nitrogens with two attached hydrogens (primary N) is 1. The molecule has 1 saturated carbocycles. The van der Waals surface area contributed by atoms with E-state index in [4.69, 9.17) is 5.73 Å². The maximum Gasteiger partial charge on any atom is 0.230 e. The summed E-state index contributed by atoms with van der Waals surface area (Å²) in [7, 11) is 0. The van der Waals surface area contributed by atoms with Crippen molar-refractivity contribution in [1.29, 1.82) is 0 Å². The molecule has 19 heavy (non-hydrogen) atoms. The molecular formula is C16H30N2O. The van der Waals surface area contributed by atoms with E-state index in [9.17, 15) is 4.79 Å². The first-order valence-electron chi connectivity index (χ1n) is 8.08. The number of amides is 1. The summed E-state index contributed by atoms with van der Waals surface area (Å²) in [6, 6.07) is 0. The fourth-order valence-electron chi connectivity index (χ4n) is 3.88. The van der Waals surface area contributed by atoms with Gasteiger partial charge in [-0.1, -0.05) is 26.7 Å². The molecule has 2 fully saturated rings. The van der Waals surface area contributed by atoms with E-state index in [2.05, 4.69) is 18.7 Å². The molecule has 1 saturated heterocycles. The minimum Gasteiger partial charge on any atom is -0.342 e. The Hall–Kier alpha value is -0.570. The lowest BCUT2D eigenvalue weighted by molar-refractivity contribution is -0.141. The molecule has 1 heterocycles. The second-order valence-corrected chi connectivity index (χ2v) is 6.92. The van der Waals surface area contributed by atoms with Crippen molar-refractivity contribution in [2.24, 2.45) is 23.0 Å². The first-order chi connectivity index (χ1) is 9.09. The number of hydrogen-bond donors (Lipinski definition) is 1. The lowest BCUT2D eigenvalue weighted by Crippen LogP contribution is -2.47. The lowest BCUT2D eigenvalue weighted by Gasteiger charge is -2.33. The van der Waals surface area contributed by atoms with Crippen molar-refractivity contribution >= 4 is 5.91 Å². The summed E-state index contributed by atoms with van der Waals surface area (Å²) in [5.41, 5.74) is 5.73. The van der Waals surface area contributed by atoms with Crippen LogP contribution in [0.1, 0.15) is 58.8 Å². The van der Waals surface area contributed by atoms with Gasteiger partial charge in [0.1, 0.15) is 0 Å². The van der Waals surface area contributed by atoms with Crippen LogP contribution in [-0.2, 0) is 4.79 Å². The molecule has 1 aliphatic carbocycles. The number of nitrogens with zero attached hydrogens (tertiary/aromatic N) is 1. The summed E-state index contributed by atoms with van der Waals surface area (Å²) >= 11 is 0. The lowest BCUT2D eigenvalue weighted by atomic mass is 9.84. The normalized spacial score (nSPS) is 27.6. The molecule has 0 aromatic carbocycles. The molecule has 1 aliphatic heterocycles. The zero-order valence-electron chi connectivity index (χ0n) is 12.7. The summed E-state index contributed by atoms with van der Waals surface area (Å²) in [5, 5.41) is 0. The molecule has 2 aliphatic rings. The van der Waals surface area contributed by atoms with Gasteiger partial charge < -0.3 is 10.6 Å². The Bertz CT molecular complexity index is 308. The van der Waals surface area contributed by atoms with E-state index in [1.54, 1.807) is 0 Å². The van der Waals surface area contributed by atoms with Crippen LogP contribution in [-0.4, -0.2) is 30.4 Å². The number of likely N-dealkylation sites (tertiary alicyclic amines) is 1. The highest BCUT2D eigenvalue weighted by Gasteiger charge is 2.42. The van der Waals surface area contributed by atoms with Gasteiger partial charge in [0.2, 0.25) is 5.91 Å². The van der Waals surface area contributed by atoms with Gasteiger partial charge in [0.25, 0.3) is 0 Å². The monoisotopic (exact) mass is 266 g/mol. The Morgan fingerprint density at radius 2 is 1.89 bits per heavy atom. The third kappa shape index (κ3) is 3.13. The second-order valence-electron chi connectivity index (χ2n) is 6.92. The van der Waals surface area contributed by atoms with E-state index in [0.717, 1.165) is 44.2 Å². The molecule has 2 N–H and O–H groups in total. The highest BCUT2D eigenvalue weighted by molar-refractivity contribution is 5.83. The third-order valence-electron chi connectivity index (χ3n) is 5.41. The fourth-order valence-corrected chi connectivity index (χ4v) is 3.88. The van der Waals surface area contributed by atoms with Crippen molar-refractivity contribution in [3.63, 3.8) is 0 Å². The second kappa shape index (κ2) is 6.25. The smallest absolute Gasteiger partial charge is 0.230 e. The van der Waals surface area contributed by atoms with E-state index in [0.29, 0.717) is 12.5 Å². The van der Waals surface area contributed by atoms with Crippen LogP contribution in [0, 0.1) is 17.3 Å². The predicted molar refractivity (Wildman–Crippen MR) is 78.7 cm³/mol. The van der Waals surface area contributed by atoms with Crippen molar-refractivity contribution in [2.45, 2.75) is 58.8 Å². The number of hydrogen-bond acceptors (Lipinski definition) is 2. The van der Waals surface area contributed by atoms with Crippen molar-refractivity contribution in [3.8, 4) is 0 Å². The van der Waals surface area contributed by atoms with Crippen LogP contribution in [0.5, 0.6) is 0 Å². The average molecular weight is 266 g/mol. The van der Waals surface area contributed by atoms with Crippen molar-refractivity contribution in [3.05, 3.63) is 0 Å². The van der Waals surface area contributed by atoms with Crippen LogP contribution in [0.15, 0.2) is 0 Å². The fraction of sp³-hybridized carbons (Fsp3) is 0.938. The summed E-state index contributed by atoms with van der Waals surface area (Å²) < 4.78 is 0. The number of carbonyl (C=O) groups is 1. The Morgan fingerprint density at radius 1 is 1.21 bits per heavy atom. The molecular weight excluding hydrogens is 236 g/mol. The zero-order valence-corrected chi connectivity index (χ0v) is 12.7. The molecule has 0 radical (unpaired) electrons. The molecule has 1 unspecified atom stereocenters. The summed E-state index contributed by atoms with van der Waals surface area (Å²) in [6.45, 7) is 7.05. The first kappa shape index (κ1) is 14.8. The predicted octanol–water partition coefficient (Wildman–Crippen LogP) is 2.79. The molecule has 3 nitrogen and oxygen atoms in total. The Balaban J connectivity index is 1.99. The topological polar surface area (TPSA) is 46.3 Å². The SMILES string of the molecule is CC(C)C1CCCN(C(=O)C2(CN)CCCC2)CC1. The number of carbonyl (C=O) groups excluding carboxylic acids is 1. The van der Waals surface area contributed by atoms with Crippen molar-refractivity contribution in [1.82, 2.24) is 4.90 Å². The molecule has 0 aromatic heterocycles. The minimum absolute atomic E-state index is 0.211. The quantitative estimate of drug-likeness (QED) is 0.854. The Kier molecular flexibility index (Phi) is 4.88. The molecule has 0 aromatic rings. The van der Waals surface area contributed by atoms with Crippen LogP contribution < -0.4 is 5.73 Å². The average Bonchev–Trinajstić information content (AvgIpc) is 2.75. The minimum atomic E-state index is -0.211. The van der Waals surface area contributed by atoms with Gasteiger partial charge in [0, 0.05) is 19.6 Å². The summed E-state index contributed by atoms with van der Waals surface area (Å²) in [4.78, 5) is 15.0. The standard InChI is InChI=1S/C16H30N2O/c1-13(2)14-6-5-10-18(11-7-14)15(19)16(12-17)8-3-4-9-16/h13-14H,3-12,17H2,1-2H3. The Morgan fingerprint density at radius 3 is 2.47 bits per heavy atom. The van der Waals surface area contributed by atoms with Crippen LogP contribution in [0.3, 0.4) is 0 Å². The maximum absolute atomic E-state index is 12.8. The van der Waals surface area contributed by atoms with E-state index < -0.39 is 0 Å². The van der Waals surface area contributed by atoms with Crippen molar-refractivity contribution in [2.75, 3.05) is 19.6 Å². The van der Waals surface area contributed by atoms with E-state index in [1.165, 1.54) is 25.7 Å². The molecule has 0 bridgehead atoms. The van der Waals surface area contributed by atoms with Crippen molar-refractivity contribution < 1.29 is 4.79 Å². The van der Waals surface area contributed by atoms with Crippen LogP contribution in [0.25, 0.3) is 0 Å². The van der Waals surface area contributed by atoms with Gasteiger partial charge in [-0.3, -0.25) is 4.79 Å². The molecule has 1 amide bonds. The van der Waals surface area contributed by atoms with Gasteiger partial charge in [-0.15, -0.1) is 0 Å². The number of rotatable bonds is 3. The zero-order chi connectivity index (χ0) is 13.9. The van der Waals surface area contributed by atoms with Gasteiger partial charge in [0.05, 0.1) is 5.41 Å². The van der Waals surface area contributed by atoms with E-state index in [-0.39, 0.29) is 5.41 Å². The first-order valence-corrected chi connectivity index (χ1v) is 8.08. The van der Waals surface area contributed by atoms with Crippen LogP contribution >= 0.6 is 0 Å². The molecule has 3 heteroatoms. The highest BCUT2D eigenvalue weighted by atomic mass is 16.2. The summed E-state index contributed by atoms with van der Waals surface area (Å²) in [6.07, 6.45) is 7.96. The van der Waals surface area contributed by atoms with Gasteiger partial charge >= 0.3 is 0 Å². The molecule has 110 valence electrons. The van der Waals surface area contributed by atoms with E-state index in [1.807, 2.05) is 0 Å². The van der Waals surface area contributed by atoms with Crippen LogP contribution in [0.2, 0.25) is 0 Å². The van der Waals surface area contributed by atoms with Crippen LogP contribution in [0.4, 0.5) is 0 Å². The maximum atomic E-state index is 12.8. The van der Waals surface area contributed by atoms with Gasteiger partial charge in [-0.05, 0) is 43.9 Å². The summed E-state index contributed by atoms with van der Waals surface area (Å²) in [5.74, 6) is 1.89. The molecule has 0 spiro atoms. The molecule has 2 rings (SSSR count). The van der Waals surface area contributed by atoms with Gasteiger partial charge in [0.15, 0.2) is 0 Å². The molecule has 1 atom stereocenters.